The number of sulfone groups is 1. The number of ether oxygens (including phenoxy) is 1. The lowest BCUT2D eigenvalue weighted by molar-refractivity contribution is 0.178. The van der Waals surface area contributed by atoms with Crippen molar-refractivity contribution >= 4 is 42.4 Å². The summed E-state index contributed by atoms with van der Waals surface area (Å²) < 4.78 is 28.0. The predicted octanol–water partition coefficient (Wildman–Crippen LogP) is 2.44. The number of thiophene rings is 1. The molecule has 0 radical (unpaired) electrons. The Labute approximate surface area is 93.9 Å². The standard InChI is InChI=1S/C7H7BrO4S2/c1-2-12-7(9)14(10,11)6-4-3-5(8)13-6/h3-4H,2H2,1H3. The molecule has 14 heavy (non-hydrogen) atoms. The van der Waals surface area contributed by atoms with E-state index in [1.165, 1.54) is 6.07 Å². The number of rotatable bonds is 2. The first-order chi connectivity index (χ1) is 6.48. The first-order valence-corrected chi connectivity index (χ1v) is 6.75. The van der Waals surface area contributed by atoms with Gasteiger partial charge in [-0.1, -0.05) is 0 Å². The molecular formula is C7H7BrO4S2. The number of hydrogen-bond acceptors (Lipinski definition) is 5. The van der Waals surface area contributed by atoms with Gasteiger partial charge in [0.15, 0.2) is 0 Å². The third-order valence-corrected chi connectivity index (χ3v) is 4.84. The molecule has 1 aromatic rings. The van der Waals surface area contributed by atoms with E-state index in [0.29, 0.717) is 3.79 Å². The molecule has 0 amide bonds. The molecule has 0 aromatic carbocycles. The van der Waals surface area contributed by atoms with Gasteiger partial charge < -0.3 is 4.74 Å². The van der Waals surface area contributed by atoms with E-state index < -0.39 is 15.1 Å². The second-order valence-electron chi connectivity index (χ2n) is 2.24. The third kappa shape index (κ3) is 2.34. The van der Waals surface area contributed by atoms with Crippen LogP contribution in [0.25, 0.3) is 0 Å². The molecule has 7 heteroatoms. The smallest absolute Gasteiger partial charge is 0.430 e. The molecule has 1 rings (SSSR count). The molecule has 0 fully saturated rings. The number of halogens is 1. The van der Waals surface area contributed by atoms with Crippen molar-refractivity contribution in [1.29, 1.82) is 0 Å². The van der Waals surface area contributed by atoms with Crippen molar-refractivity contribution in [2.75, 3.05) is 6.61 Å². The molecule has 0 bridgehead atoms. The molecule has 0 atom stereocenters. The first kappa shape index (κ1) is 11.7. The van der Waals surface area contributed by atoms with Gasteiger partial charge in [-0.05, 0) is 35.0 Å². The normalized spacial score (nSPS) is 11.3. The highest BCUT2D eigenvalue weighted by Gasteiger charge is 2.27. The maximum atomic E-state index is 11.5. The Balaban J connectivity index is 3.03. The van der Waals surface area contributed by atoms with Crippen LogP contribution in [0, 0.1) is 0 Å². The Kier molecular flexibility index (Phi) is 3.68. The lowest BCUT2D eigenvalue weighted by Crippen LogP contribution is -2.15. The molecular weight excluding hydrogens is 292 g/mol. The van der Waals surface area contributed by atoms with Crippen LogP contribution in [0.15, 0.2) is 20.1 Å². The minimum absolute atomic E-state index is 0.0113. The molecule has 0 aliphatic rings. The molecule has 0 saturated heterocycles. The summed E-state index contributed by atoms with van der Waals surface area (Å²) in [4.78, 5) is 11.1. The van der Waals surface area contributed by atoms with Gasteiger partial charge in [0.2, 0.25) is 0 Å². The molecule has 78 valence electrons. The summed E-state index contributed by atoms with van der Waals surface area (Å²) in [6, 6.07) is 2.93. The van der Waals surface area contributed by atoms with Crippen LogP contribution in [-0.4, -0.2) is 20.3 Å². The summed E-state index contributed by atoms with van der Waals surface area (Å²) in [5, 5.41) is -1.20. The van der Waals surface area contributed by atoms with Crippen molar-refractivity contribution in [2.24, 2.45) is 0 Å². The van der Waals surface area contributed by atoms with E-state index in [9.17, 15) is 13.2 Å². The molecule has 0 N–H and O–H groups in total. The molecule has 0 saturated carbocycles. The highest BCUT2D eigenvalue weighted by Crippen LogP contribution is 2.27. The zero-order valence-electron chi connectivity index (χ0n) is 7.19. The monoisotopic (exact) mass is 298 g/mol. The van der Waals surface area contributed by atoms with E-state index in [4.69, 9.17) is 0 Å². The lowest BCUT2D eigenvalue weighted by Gasteiger charge is -1.99. The Bertz CT molecular complexity index is 434. The van der Waals surface area contributed by atoms with Crippen LogP contribution in [0.4, 0.5) is 4.79 Å². The van der Waals surface area contributed by atoms with E-state index >= 15 is 0 Å². The van der Waals surface area contributed by atoms with Gasteiger partial charge in [0, 0.05) is 0 Å². The average molecular weight is 299 g/mol. The van der Waals surface area contributed by atoms with Gasteiger partial charge in [-0.15, -0.1) is 11.3 Å². The van der Waals surface area contributed by atoms with Gasteiger partial charge in [0.05, 0.1) is 10.4 Å². The highest BCUT2D eigenvalue weighted by molar-refractivity contribution is 9.11. The fourth-order valence-electron chi connectivity index (χ4n) is 0.720. The Hall–Kier alpha value is -0.400. The first-order valence-electron chi connectivity index (χ1n) is 3.65. The van der Waals surface area contributed by atoms with Gasteiger partial charge in [0.25, 0.3) is 9.84 Å². The van der Waals surface area contributed by atoms with Gasteiger partial charge in [0.1, 0.15) is 4.21 Å². The van der Waals surface area contributed by atoms with Crippen LogP contribution in [-0.2, 0) is 14.6 Å². The zero-order chi connectivity index (χ0) is 10.8. The molecule has 0 spiro atoms. The van der Waals surface area contributed by atoms with Crippen molar-refractivity contribution in [3.8, 4) is 0 Å². The van der Waals surface area contributed by atoms with Crippen LogP contribution in [0.2, 0.25) is 0 Å². The molecule has 0 aliphatic heterocycles. The van der Waals surface area contributed by atoms with Crippen LogP contribution in [0.5, 0.6) is 0 Å². The van der Waals surface area contributed by atoms with Crippen molar-refractivity contribution in [3.63, 3.8) is 0 Å². The van der Waals surface area contributed by atoms with E-state index in [-0.39, 0.29) is 10.8 Å². The summed E-state index contributed by atoms with van der Waals surface area (Å²) >= 11 is 4.09. The van der Waals surface area contributed by atoms with E-state index in [1.54, 1.807) is 13.0 Å². The zero-order valence-corrected chi connectivity index (χ0v) is 10.4. The summed E-state index contributed by atoms with van der Waals surface area (Å²) in [6.45, 7) is 1.60. The maximum Gasteiger partial charge on any atom is 0.430 e. The minimum atomic E-state index is -3.95. The summed E-state index contributed by atoms with van der Waals surface area (Å²) in [6.07, 6.45) is 0. The second-order valence-corrected chi connectivity index (χ2v) is 6.75. The quantitative estimate of drug-likeness (QED) is 0.787. The van der Waals surface area contributed by atoms with Crippen molar-refractivity contribution in [1.82, 2.24) is 0 Å². The van der Waals surface area contributed by atoms with Crippen LogP contribution in [0.3, 0.4) is 0 Å². The van der Waals surface area contributed by atoms with E-state index in [0.717, 1.165) is 11.3 Å². The van der Waals surface area contributed by atoms with Gasteiger partial charge in [-0.2, -0.15) is 0 Å². The van der Waals surface area contributed by atoms with Crippen LogP contribution < -0.4 is 0 Å². The average Bonchev–Trinajstić information content (AvgIpc) is 2.52. The van der Waals surface area contributed by atoms with Crippen molar-refractivity contribution < 1.29 is 17.9 Å². The minimum Gasteiger partial charge on any atom is -0.454 e. The van der Waals surface area contributed by atoms with E-state index in [2.05, 4.69) is 20.7 Å². The SMILES string of the molecule is CCOC(=O)S(=O)(=O)c1ccc(Br)s1. The lowest BCUT2D eigenvalue weighted by atomic mass is 10.7. The molecule has 1 heterocycles. The van der Waals surface area contributed by atoms with Crippen molar-refractivity contribution in [3.05, 3.63) is 15.9 Å². The van der Waals surface area contributed by atoms with Crippen LogP contribution in [0.1, 0.15) is 6.92 Å². The fourth-order valence-corrected chi connectivity index (χ4v) is 3.76. The van der Waals surface area contributed by atoms with E-state index in [1.807, 2.05) is 0 Å². The number of hydrogen-bond donors (Lipinski definition) is 0. The third-order valence-electron chi connectivity index (χ3n) is 1.30. The van der Waals surface area contributed by atoms with Crippen molar-refractivity contribution in [2.45, 2.75) is 11.1 Å². The predicted molar refractivity (Wildman–Crippen MR) is 56.2 cm³/mol. The highest BCUT2D eigenvalue weighted by atomic mass is 79.9. The van der Waals surface area contributed by atoms with Crippen LogP contribution >= 0.6 is 27.3 Å². The maximum absolute atomic E-state index is 11.5. The second kappa shape index (κ2) is 4.41. The summed E-state index contributed by atoms with van der Waals surface area (Å²) in [5.41, 5.74) is 0. The number of carbonyl (C=O) groups excluding carboxylic acids is 1. The molecule has 4 nitrogen and oxygen atoms in total. The van der Waals surface area contributed by atoms with Gasteiger partial charge in [-0.3, -0.25) is 0 Å². The summed E-state index contributed by atoms with van der Waals surface area (Å²) in [5.74, 6) is 0. The Morgan fingerprint density at radius 2 is 2.21 bits per heavy atom. The molecule has 1 aromatic heterocycles. The largest absolute Gasteiger partial charge is 0.454 e. The number of carbonyl (C=O) groups is 1. The molecule has 0 unspecified atom stereocenters. The fraction of sp³-hybridized carbons (Fsp3) is 0.286. The Morgan fingerprint density at radius 3 is 2.64 bits per heavy atom. The van der Waals surface area contributed by atoms with Gasteiger partial charge >= 0.3 is 5.30 Å². The molecule has 0 aliphatic carbocycles. The topological polar surface area (TPSA) is 60.4 Å². The summed E-state index contributed by atoms with van der Waals surface area (Å²) in [7, 11) is -3.95. The van der Waals surface area contributed by atoms with Gasteiger partial charge in [-0.25, -0.2) is 13.2 Å². The Morgan fingerprint density at radius 1 is 1.57 bits per heavy atom.